The molecule has 0 amide bonds. The Hall–Kier alpha value is -0.950. The van der Waals surface area contributed by atoms with E-state index < -0.39 is 10.0 Å². The van der Waals surface area contributed by atoms with Gasteiger partial charge in [-0.1, -0.05) is 24.3 Å². The van der Waals surface area contributed by atoms with E-state index in [4.69, 9.17) is 9.84 Å². The third-order valence-electron chi connectivity index (χ3n) is 3.36. The van der Waals surface area contributed by atoms with Crippen molar-refractivity contribution < 1.29 is 18.3 Å². The second kappa shape index (κ2) is 6.00. The van der Waals surface area contributed by atoms with Crippen LogP contribution in [-0.2, 0) is 27.1 Å². The molecule has 1 saturated heterocycles. The Morgan fingerprint density at radius 2 is 2.16 bits per heavy atom. The minimum Gasteiger partial charge on any atom is -0.392 e. The Kier molecular flexibility index (Phi) is 4.57. The number of nitrogens with zero attached hydrogens (tertiary/aromatic N) is 1. The van der Waals surface area contributed by atoms with Gasteiger partial charge in [0.2, 0.25) is 10.0 Å². The number of rotatable bonds is 5. The van der Waals surface area contributed by atoms with Crippen molar-refractivity contribution in [2.24, 2.45) is 0 Å². The molecule has 2 rings (SSSR count). The molecular weight excluding hydrogens is 266 g/mol. The molecule has 1 aliphatic heterocycles. The zero-order chi connectivity index (χ0) is 13.9. The van der Waals surface area contributed by atoms with Crippen molar-refractivity contribution in [2.75, 3.05) is 20.2 Å². The van der Waals surface area contributed by atoms with Crippen LogP contribution in [-0.4, -0.2) is 44.1 Å². The van der Waals surface area contributed by atoms with Crippen LogP contribution in [0, 0.1) is 0 Å². The van der Waals surface area contributed by atoms with Gasteiger partial charge in [-0.05, 0) is 17.5 Å². The molecule has 0 saturated carbocycles. The summed E-state index contributed by atoms with van der Waals surface area (Å²) in [6, 6.07) is 7.02. The Morgan fingerprint density at radius 3 is 2.79 bits per heavy atom. The number of sulfonamides is 1. The zero-order valence-electron chi connectivity index (χ0n) is 10.9. The lowest BCUT2D eigenvalue weighted by atomic mass is 10.1. The van der Waals surface area contributed by atoms with Crippen molar-refractivity contribution in [3.8, 4) is 0 Å². The third kappa shape index (κ3) is 3.54. The molecule has 0 bridgehead atoms. The third-order valence-corrected chi connectivity index (χ3v) is 5.17. The predicted octanol–water partition coefficient (Wildman–Crippen LogP) is 0.729. The topological polar surface area (TPSA) is 66.8 Å². The van der Waals surface area contributed by atoms with E-state index >= 15 is 0 Å². The Labute approximate surface area is 113 Å². The molecular formula is C13H19NO4S. The maximum atomic E-state index is 12.3. The van der Waals surface area contributed by atoms with Gasteiger partial charge in [0.25, 0.3) is 0 Å². The maximum absolute atomic E-state index is 12.3. The van der Waals surface area contributed by atoms with Crippen LogP contribution in [0.5, 0.6) is 0 Å². The second-order valence-electron chi connectivity index (χ2n) is 4.74. The van der Waals surface area contributed by atoms with Crippen molar-refractivity contribution in [3.05, 3.63) is 35.4 Å². The highest BCUT2D eigenvalue weighted by atomic mass is 32.2. The lowest BCUT2D eigenvalue weighted by molar-refractivity contribution is 0.115. The minimum absolute atomic E-state index is 0.00134. The molecule has 106 valence electrons. The Balaban J connectivity index is 2.08. The molecule has 19 heavy (non-hydrogen) atoms. The lowest BCUT2D eigenvalue weighted by Crippen LogP contribution is -2.31. The van der Waals surface area contributed by atoms with Crippen molar-refractivity contribution in [1.82, 2.24) is 4.31 Å². The molecule has 1 heterocycles. The number of aliphatic hydroxyl groups is 1. The molecule has 6 heteroatoms. The van der Waals surface area contributed by atoms with Gasteiger partial charge >= 0.3 is 0 Å². The van der Waals surface area contributed by atoms with Crippen molar-refractivity contribution in [2.45, 2.75) is 24.9 Å². The number of hydrogen-bond donors (Lipinski definition) is 1. The summed E-state index contributed by atoms with van der Waals surface area (Å²) in [4.78, 5) is 0. The first-order valence-electron chi connectivity index (χ1n) is 6.24. The summed E-state index contributed by atoms with van der Waals surface area (Å²) in [7, 11) is -1.71. The van der Waals surface area contributed by atoms with E-state index in [1.54, 1.807) is 31.4 Å². The van der Waals surface area contributed by atoms with E-state index in [9.17, 15) is 8.42 Å². The number of aliphatic hydroxyl groups excluding tert-OH is 1. The average Bonchev–Trinajstić information content (AvgIpc) is 2.88. The van der Waals surface area contributed by atoms with E-state index in [-0.39, 0.29) is 18.5 Å². The van der Waals surface area contributed by atoms with Gasteiger partial charge in [-0.2, -0.15) is 4.31 Å². The smallest absolute Gasteiger partial charge is 0.218 e. The van der Waals surface area contributed by atoms with Crippen LogP contribution in [0.3, 0.4) is 0 Å². The summed E-state index contributed by atoms with van der Waals surface area (Å²) in [5, 5.41) is 9.06. The number of ether oxygens (including phenoxy) is 1. The molecule has 1 atom stereocenters. The van der Waals surface area contributed by atoms with Gasteiger partial charge in [-0.15, -0.1) is 0 Å². The van der Waals surface area contributed by atoms with Crippen LogP contribution in [0.25, 0.3) is 0 Å². The van der Waals surface area contributed by atoms with E-state index in [2.05, 4.69) is 0 Å². The van der Waals surface area contributed by atoms with Crippen LogP contribution in [0.4, 0.5) is 0 Å². The van der Waals surface area contributed by atoms with Crippen LogP contribution < -0.4 is 0 Å². The van der Waals surface area contributed by atoms with Gasteiger partial charge in [0, 0.05) is 20.2 Å². The van der Waals surface area contributed by atoms with Crippen LogP contribution >= 0.6 is 0 Å². The maximum Gasteiger partial charge on any atom is 0.218 e. The SMILES string of the molecule is COC1CCN(S(=O)(=O)Cc2cccc(CO)c2)C1. The molecule has 1 N–H and O–H groups in total. The second-order valence-corrected chi connectivity index (χ2v) is 6.71. The predicted molar refractivity (Wildman–Crippen MR) is 72.0 cm³/mol. The Bertz CT molecular complexity index is 529. The summed E-state index contributed by atoms with van der Waals surface area (Å²) < 4.78 is 31.2. The summed E-state index contributed by atoms with van der Waals surface area (Å²) in [6.07, 6.45) is 0.741. The highest BCUT2D eigenvalue weighted by Gasteiger charge is 2.31. The van der Waals surface area contributed by atoms with Crippen LogP contribution in [0.15, 0.2) is 24.3 Å². The molecule has 1 aliphatic rings. The van der Waals surface area contributed by atoms with Crippen LogP contribution in [0.2, 0.25) is 0 Å². The summed E-state index contributed by atoms with van der Waals surface area (Å²) in [5.74, 6) is -0.0305. The quantitative estimate of drug-likeness (QED) is 0.866. The summed E-state index contributed by atoms with van der Waals surface area (Å²) >= 11 is 0. The fourth-order valence-corrected chi connectivity index (χ4v) is 3.82. The average molecular weight is 285 g/mol. The monoisotopic (exact) mass is 285 g/mol. The van der Waals surface area contributed by atoms with Crippen LogP contribution in [0.1, 0.15) is 17.5 Å². The molecule has 1 unspecified atom stereocenters. The Morgan fingerprint density at radius 1 is 1.42 bits per heavy atom. The van der Waals surface area contributed by atoms with Gasteiger partial charge in [0.1, 0.15) is 0 Å². The normalized spacial score (nSPS) is 20.8. The van der Waals surface area contributed by atoms with Gasteiger partial charge < -0.3 is 9.84 Å². The largest absolute Gasteiger partial charge is 0.392 e. The van der Waals surface area contributed by atoms with E-state index in [1.165, 1.54) is 4.31 Å². The standard InChI is InChI=1S/C13H19NO4S/c1-18-13-5-6-14(8-13)19(16,17)10-12-4-2-3-11(7-12)9-15/h2-4,7,13,15H,5-6,8-10H2,1H3. The van der Waals surface area contributed by atoms with Gasteiger partial charge in [0.15, 0.2) is 0 Å². The summed E-state index contributed by atoms with van der Waals surface area (Å²) in [6.45, 7) is 0.863. The van der Waals surface area contributed by atoms with Gasteiger partial charge in [-0.3, -0.25) is 0 Å². The number of benzene rings is 1. The first kappa shape index (κ1) is 14.5. The highest BCUT2D eigenvalue weighted by Crippen LogP contribution is 2.19. The fourth-order valence-electron chi connectivity index (χ4n) is 2.26. The molecule has 0 radical (unpaired) electrons. The van der Waals surface area contributed by atoms with E-state index in [1.807, 2.05) is 0 Å². The minimum atomic E-state index is -3.31. The fraction of sp³-hybridized carbons (Fsp3) is 0.538. The van der Waals surface area contributed by atoms with Crippen molar-refractivity contribution in [1.29, 1.82) is 0 Å². The molecule has 1 aromatic carbocycles. The zero-order valence-corrected chi connectivity index (χ0v) is 11.8. The molecule has 5 nitrogen and oxygen atoms in total. The lowest BCUT2D eigenvalue weighted by Gasteiger charge is -2.16. The summed E-state index contributed by atoms with van der Waals surface area (Å²) in [5.41, 5.74) is 1.43. The van der Waals surface area contributed by atoms with E-state index in [0.29, 0.717) is 18.7 Å². The van der Waals surface area contributed by atoms with Crippen molar-refractivity contribution in [3.63, 3.8) is 0 Å². The van der Waals surface area contributed by atoms with Crippen molar-refractivity contribution >= 4 is 10.0 Å². The molecule has 0 aliphatic carbocycles. The highest BCUT2D eigenvalue weighted by molar-refractivity contribution is 7.88. The number of methoxy groups -OCH3 is 1. The first-order valence-corrected chi connectivity index (χ1v) is 7.85. The molecule has 0 aromatic heterocycles. The van der Waals surface area contributed by atoms with Gasteiger partial charge in [-0.25, -0.2) is 8.42 Å². The molecule has 1 aromatic rings. The van der Waals surface area contributed by atoms with E-state index in [0.717, 1.165) is 12.0 Å². The molecule has 1 fully saturated rings. The first-order chi connectivity index (χ1) is 9.05. The van der Waals surface area contributed by atoms with Gasteiger partial charge in [0.05, 0.1) is 18.5 Å². The molecule has 0 spiro atoms. The number of hydrogen-bond acceptors (Lipinski definition) is 4.